The van der Waals surface area contributed by atoms with Gasteiger partial charge in [0.2, 0.25) is 0 Å². The van der Waals surface area contributed by atoms with Crippen molar-refractivity contribution in [3.05, 3.63) is 35.4 Å². The standard InChI is InChI=1S/C18H30N2O/c1-13-10-20(11-14(2)21-13)12-17(19)15-6-8-16(9-7-15)18(3,4)5/h6-9,13-14,17H,10-12,19H2,1-5H3. The molecule has 1 aliphatic rings. The molecule has 1 heterocycles. The van der Waals surface area contributed by atoms with Gasteiger partial charge in [-0.05, 0) is 30.4 Å². The zero-order valence-electron chi connectivity index (χ0n) is 14.1. The highest BCUT2D eigenvalue weighted by Crippen LogP contribution is 2.24. The molecule has 2 rings (SSSR count). The zero-order valence-corrected chi connectivity index (χ0v) is 14.1. The van der Waals surface area contributed by atoms with E-state index in [1.807, 2.05) is 0 Å². The van der Waals surface area contributed by atoms with Crippen LogP contribution in [0.5, 0.6) is 0 Å². The first-order valence-corrected chi connectivity index (χ1v) is 7.99. The molecule has 2 N–H and O–H groups in total. The summed E-state index contributed by atoms with van der Waals surface area (Å²) in [6.45, 7) is 13.8. The fraction of sp³-hybridized carbons (Fsp3) is 0.667. The second-order valence-electron chi connectivity index (χ2n) is 7.45. The third kappa shape index (κ3) is 4.53. The van der Waals surface area contributed by atoms with Gasteiger partial charge in [-0.2, -0.15) is 0 Å². The van der Waals surface area contributed by atoms with Crippen LogP contribution >= 0.6 is 0 Å². The van der Waals surface area contributed by atoms with Crippen LogP contribution < -0.4 is 5.73 Å². The molecular weight excluding hydrogens is 260 g/mol. The Morgan fingerprint density at radius 3 is 2.14 bits per heavy atom. The molecule has 21 heavy (non-hydrogen) atoms. The molecule has 1 aromatic rings. The molecule has 3 unspecified atom stereocenters. The van der Waals surface area contributed by atoms with E-state index in [0.29, 0.717) is 12.2 Å². The molecule has 0 amide bonds. The van der Waals surface area contributed by atoms with Gasteiger partial charge in [0, 0.05) is 25.7 Å². The Morgan fingerprint density at radius 2 is 1.67 bits per heavy atom. The van der Waals surface area contributed by atoms with E-state index in [1.165, 1.54) is 11.1 Å². The molecule has 3 nitrogen and oxygen atoms in total. The van der Waals surface area contributed by atoms with Gasteiger partial charge in [0.25, 0.3) is 0 Å². The third-order valence-electron chi connectivity index (χ3n) is 4.15. The SMILES string of the molecule is CC1CN(CC(N)c2ccc(C(C)(C)C)cc2)CC(C)O1. The van der Waals surface area contributed by atoms with E-state index in [9.17, 15) is 0 Å². The summed E-state index contributed by atoms with van der Waals surface area (Å²) < 4.78 is 5.77. The molecule has 1 aromatic carbocycles. The van der Waals surface area contributed by atoms with Crippen molar-refractivity contribution in [1.82, 2.24) is 4.90 Å². The first-order valence-electron chi connectivity index (χ1n) is 7.99. The molecule has 0 bridgehead atoms. The summed E-state index contributed by atoms with van der Waals surface area (Å²) in [5.74, 6) is 0. The van der Waals surface area contributed by atoms with Crippen molar-refractivity contribution in [1.29, 1.82) is 0 Å². The first kappa shape index (κ1) is 16.5. The maximum atomic E-state index is 6.39. The quantitative estimate of drug-likeness (QED) is 0.929. The number of benzene rings is 1. The summed E-state index contributed by atoms with van der Waals surface area (Å²) in [4.78, 5) is 2.42. The molecule has 0 radical (unpaired) electrons. The summed E-state index contributed by atoms with van der Waals surface area (Å²) in [5, 5.41) is 0. The van der Waals surface area contributed by atoms with Gasteiger partial charge in [0.15, 0.2) is 0 Å². The van der Waals surface area contributed by atoms with Gasteiger partial charge in [0.1, 0.15) is 0 Å². The number of hydrogen-bond acceptors (Lipinski definition) is 3. The average molecular weight is 290 g/mol. The minimum Gasteiger partial charge on any atom is -0.373 e. The zero-order chi connectivity index (χ0) is 15.6. The molecular formula is C18H30N2O. The number of rotatable bonds is 3. The summed E-state index contributed by atoms with van der Waals surface area (Å²) in [7, 11) is 0. The van der Waals surface area contributed by atoms with E-state index in [-0.39, 0.29) is 11.5 Å². The Labute approximate surface area is 129 Å². The Balaban J connectivity index is 1.98. The lowest BCUT2D eigenvalue weighted by Crippen LogP contribution is -2.47. The van der Waals surface area contributed by atoms with Gasteiger partial charge in [-0.3, -0.25) is 4.90 Å². The van der Waals surface area contributed by atoms with E-state index >= 15 is 0 Å². The number of nitrogens with two attached hydrogens (primary N) is 1. The van der Waals surface area contributed by atoms with Crippen LogP contribution in [0.3, 0.4) is 0 Å². The van der Waals surface area contributed by atoms with Crippen molar-refractivity contribution in [2.45, 2.75) is 58.3 Å². The van der Waals surface area contributed by atoms with Gasteiger partial charge in [0.05, 0.1) is 12.2 Å². The molecule has 0 aromatic heterocycles. The monoisotopic (exact) mass is 290 g/mol. The van der Waals surface area contributed by atoms with Crippen LogP contribution in [-0.2, 0) is 10.2 Å². The fourth-order valence-electron chi connectivity index (χ4n) is 3.05. The van der Waals surface area contributed by atoms with Gasteiger partial charge in [-0.15, -0.1) is 0 Å². The number of morpholine rings is 1. The molecule has 1 saturated heterocycles. The van der Waals surface area contributed by atoms with Crippen molar-refractivity contribution >= 4 is 0 Å². The van der Waals surface area contributed by atoms with E-state index in [4.69, 9.17) is 10.5 Å². The highest BCUT2D eigenvalue weighted by Gasteiger charge is 2.24. The van der Waals surface area contributed by atoms with Crippen LogP contribution in [0.25, 0.3) is 0 Å². The average Bonchev–Trinajstić information content (AvgIpc) is 2.36. The maximum absolute atomic E-state index is 6.39. The van der Waals surface area contributed by atoms with Crippen LogP contribution in [0.2, 0.25) is 0 Å². The van der Waals surface area contributed by atoms with E-state index in [1.54, 1.807) is 0 Å². The smallest absolute Gasteiger partial charge is 0.0678 e. The highest BCUT2D eigenvalue weighted by molar-refractivity contribution is 5.29. The lowest BCUT2D eigenvalue weighted by atomic mass is 9.86. The minimum absolute atomic E-state index is 0.0662. The fourth-order valence-corrected chi connectivity index (χ4v) is 3.05. The van der Waals surface area contributed by atoms with Crippen LogP contribution in [-0.4, -0.2) is 36.7 Å². The largest absolute Gasteiger partial charge is 0.373 e. The summed E-state index contributed by atoms with van der Waals surface area (Å²) in [6.07, 6.45) is 0.591. The molecule has 1 fully saturated rings. The van der Waals surface area contributed by atoms with Gasteiger partial charge >= 0.3 is 0 Å². The molecule has 118 valence electrons. The van der Waals surface area contributed by atoms with E-state index in [2.05, 4.69) is 63.8 Å². The Hall–Kier alpha value is -0.900. The van der Waals surface area contributed by atoms with E-state index in [0.717, 1.165) is 19.6 Å². The van der Waals surface area contributed by atoms with Crippen molar-refractivity contribution in [3.8, 4) is 0 Å². The second-order valence-corrected chi connectivity index (χ2v) is 7.45. The van der Waals surface area contributed by atoms with Crippen LogP contribution in [0, 0.1) is 0 Å². The number of hydrogen-bond donors (Lipinski definition) is 1. The van der Waals surface area contributed by atoms with E-state index < -0.39 is 0 Å². The summed E-state index contributed by atoms with van der Waals surface area (Å²) in [6, 6.07) is 8.84. The van der Waals surface area contributed by atoms with Crippen molar-refractivity contribution in [2.24, 2.45) is 5.73 Å². The lowest BCUT2D eigenvalue weighted by molar-refractivity contribution is -0.0691. The molecule has 0 aliphatic carbocycles. The van der Waals surface area contributed by atoms with Gasteiger partial charge in [-0.25, -0.2) is 0 Å². The van der Waals surface area contributed by atoms with Gasteiger partial charge in [-0.1, -0.05) is 45.0 Å². The predicted molar refractivity (Wildman–Crippen MR) is 88.5 cm³/mol. The number of ether oxygens (including phenoxy) is 1. The third-order valence-corrected chi connectivity index (χ3v) is 4.15. The molecule has 3 heteroatoms. The van der Waals surface area contributed by atoms with Crippen LogP contribution in [0.1, 0.15) is 51.8 Å². The van der Waals surface area contributed by atoms with Crippen molar-refractivity contribution in [3.63, 3.8) is 0 Å². The summed E-state index contributed by atoms with van der Waals surface area (Å²) >= 11 is 0. The predicted octanol–water partition coefficient (Wildman–Crippen LogP) is 3.09. The van der Waals surface area contributed by atoms with Gasteiger partial charge < -0.3 is 10.5 Å². The Kier molecular flexibility index (Phi) is 5.07. The van der Waals surface area contributed by atoms with Crippen molar-refractivity contribution < 1.29 is 4.74 Å². The van der Waals surface area contributed by atoms with Crippen LogP contribution in [0.4, 0.5) is 0 Å². The molecule has 0 saturated carbocycles. The minimum atomic E-state index is 0.0662. The highest BCUT2D eigenvalue weighted by atomic mass is 16.5. The second kappa shape index (κ2) is 6.47. The summed E-state index contributed by atoms with van der Waals surface area (Å²) in [5.41, 5.74) is 9.16. The van der Waals surface area contributed by atoms with Crippen LogP contribution in [0.15, 0.2) is 24.3 Å². The normalized spacial score (nSPS) is 25.8. The lowest BCUT2D eigenvalue weighted by Gasteiger charge is -2.36. The Morgan fingerprint density at radius 1 is 1.14 bits per heavy atom. The molecule has 0 spiro atoms. The number of nitrogens with zero attached hydrogens (tertiary/aromatic N) is 1. The topological polar surface area (TPSA) is 38.5 Å². The molecule has 1 aliphatic heterocycles. The Bertz CT molecular complexity index is 439. The first-order chi connectivity index (χ1) is 9.75. The van der Waals surface area contributed by atoms with Crippen molar-refractivity contribution in [2.75, 3.05) is 19.6 Å². The maximum Gasteiger partial charge on any atom is 0.0678 e. The molecule has 3 atom stereocenters.